The number of phenolic OH excluding ortho intramolecular Hbond substituents is 2. The largest absolute Gasteiger partial charge is 0.507 e. The predicted octanol–water partition coefficient (Wildman–Crippen LogP) is 2.35. The normalized spacial score (nSPS) is 12.1. The van der Waals surface area contributed by atoms with Crippen molar-refractivity contribution in [3.05, 3.63) is 58.1 Å². The highest BCUT2D eigenvalue weighted by Crippen LogP contribution is 2.37. The van der Waals surface area contributed by atoms with Crippen LogP contribution in [0.2, 0.25) is 0 Å². The lowest BCUT2D eigenvalue weighted by atomic mass is 9.82. The second kappa shape index (κ2) is 15.7. The third-order valence-electron chi connectivity index (χ3n) is 6.13. The zero-order valence-corrected chi connectivity index (χ0v) is 22.6. The molecule has 0 saturated carbocycles. The Labute approximate surface area is 232 Å². The van der Waals surface area contributed by atoms with E-state index >= 15 is 0 Å². The molecule has 2 aromatic rings. The van der Waals surface area contributed by atoms with Crippen molar-refractivity contribution in [1.29, 1.82) is 0 Å². The van der Waals surface area contributed by atoms with Gasteiger partial charge in [0.2, 0.25) is 11.7 Å². The Hall–Kier alpha value is -3.80. The second-order valence-electron chi connectivity index (χ2n) is 9.18. The summed E-state index contributed by atoms with van der Waals surface area (Å²) in [5, 5.41) is 26.0. The average molecular weight is 557 g/mol. The van der Waals surface area contributed by atoms with E-state index in [-0.39, 0.29) is 39.5 Å². The van der Waals surface area contributed by atoms with Crippen LogP contribution < -0.4 is 10.6 Å². The standard InChI is InChI=1S/C29H36N2O9/c1-2-6-24(34)30-9-4-11-38-13-15-40-16-14-39-12-5-10-31-29(37)19-17-21-26(23(33)18-19)28(36)25-20(27(21)35)7-3-8-22(25)32/h3,7-8,17-18,32-33H,2,4-6,9-16H2,1H3,(H,30,34)(H,31,37). The summed E-state index contributed by atoms with van der Waals surface area (Å²) in [6, 6.07) is 6.57. The summed E-state index contributed by atoms with van der Waals surface area (Å²) in [5.74, 6) is -2.52. The molecule has 0 aromatic heterocycles. The van der Waals surface area contributed by atoms with Gasteiger partial charge >= 0.3 is 0 Å². The van der Waals surface area contributed by atoms with Crippen LogP contribution >= 0.6 is 0 Å². The molecule has 0 bridgehead atoms. The fraction of sp³-hybridized carbons (Fsp3) is 0.448. The molecule has 4 N–H and O–H groups in total. The van der Waals surface area contributed by atoms with Gasteiger partial charge in [-0.1, -0.05) is 19.1 Å². The number of fused-ring (bicyclic) bond motifs is 2. The molecule has 0 radical (unpaired) electrons. The Kier molecular flexibility index (Phi) is 12.1. The summed E-state index contributed by atoms with van der Waals surface area (Å²) in [4.78, 5) is 49.7. The molecule has 40 heavy (non-hydrogen) atoms. The summed E-state index contributed by atoms with van der Waals surface area (Å²) in [7, 11) is 0. The van der Waals surface area contributed by atoms with Crippen molar-refractivity contribution in [3.8, 4) is 11.5 Å². The first-order valence-electron chi connectivity index (χ1n) is 13.4. The number of hydrogen-bond donors (Lipinski definition) is 4. The molecule has 11 nitrogen and oxygen atoms in total. The third-order valence-corrected chi connectivity index (χ3v) is 6.13. The van der Waals surface area contributed by atoms with Crippen LogP contribution in [-0.4, -0.2) is 86.3 Å². The number of ether oxygens (including phenoxy) is 3. The SMILES string of the molecule is CCCC(=O)NCCCOCCOCCOCCCNC(=O)c1cc(O)c2c(c1)C(=O)c1cccc(O)c1C2=O. The highest BCUT2D eigenvalue weighted by Gasteiger charge is 2.35. The highest BCUT2D eigenvalue weighted by atomic mass is 16.5. The van der Waals surface area contributed by atoms with Crippen molar-refractivity contribution in [1.82, 2.24) is 10.6 Å². The van der Waals surface area contributed by atoms with Crippen LogP contribution in [0.5, 0.6) is 11.5 Å². The zero-order valence-electron chi connectivity index (χ0n) is 22.6. The Bertz CT molecular complexity index is 1210. The molecule has 3 rings (SSSR count). The lowest BCUT2D eigenvalue weighted by molar-refractivity contribution is -0.121. The number of carbonyl (C=O) groups excluding carboxylic acids is 4. The molecule has 0 saturated heterocycles. The van der Waals surface area contributed by atoms with Crippen LogP contribution in [0.25, 0.3) is 0 Å². The van der Waals surface area contributed by atoms with Crippen molar-refractivity contribution in [2.24, 2.45) is 0 Å². The van der Waals surface area contributed by atoms with E-state index in [9.17, 15) is 29.4 Å². The summed E-state index contributed by atoms with van der Waals surface area (Å²) in [5.41, 5.74) is -0.415. The molecule has 0 spiro atoms. The first kappa shape index (κ1) is 30.7. The van der Waals surface area contributed by atoms with E-state index in [2.05, 4.69) is 10.6 Å². The maximum absolute atomic E-state index is 12.9. The number of phenols is 2. The van der Waals surface area contributed by atoms with E-state index < -0.39 is 23.2 Å². The first-order valence-corrected chi connectivity index (χ1v) is 13.4. The Balaban J connectivity index is 1.28. The van der Waals surface area contributed by atoms with Gasteiger partial charge in [-0.05, 0) is 37.5 Å². The Morgan fingerprint density at radius 3 is 2.00 bits per heavy atom. The predicted molar refractivity (Wildman–Crippen MR) is 145 cm³/mol. The molecule has 0 aliphatic heterocycles. The molecule has 0 fully saturated rings. The Morgan fingerprint density at radius 2 is 1.35 bits per heavy atom. The van der Waals surface area contributed by atoms with Gasteiger partial charge in [0, 0.05) is 49.4 Å². The molecule has 11 heteroatoms. The number of aromatic hydroxyl groups is 2. The maximum atomic E-state index is 12.9. The van der Waals surface area contributed by atoms with Crippen LogP contribution in [0.4, 0.5) is 0 Å². The third kappa shape index (κ3) is 8.35. The summed E-state index contributed by atoms with van der Waals surface area (Å²) < 4.78 is 16.4. The van der Waals surface area contributed by atoms with Crippen LogP contribution in [0.1, 0.15) is 74.8 Å². The smallest absolute Gasteiger partial charge is 0.251 e. The van der Waals surface area contributed by atoms with E-state index in [0.29, 0.717) is 65.6 Å². The maximum Gasteiger partial charge on any atom is 0.251 e. The molecule has 216 valence electrons. The molecule has 0 unspecified atom stereocenters. The van der Waals surface area contributed by atoms with Gasteiger partial charge in [0.15, 0.2) is 5.78 Å². The number of benzene rings is 2. The molecule has 0 atom stereocenters. The van der Waals surface area contributed by atoms with Crippen LogP contribution in [0, 0.1) is 0 Å². The summed E-state index contributed by atoms with van der Waals surface area (Å²) in [6.45, 7) is 5.51. The number of carbonyl (C=O) groups is 4. The molecule has 2 aromatic carbocycles. The lowest BCUT2D eigenvalue weighted by Crippen LogP contribution is -2.27. The number of hydrogen-bond acceptors (Lipinski definition) is 9. The number of nitrogens with one attached hydrogen (secondary N) is 2. The minimum atomic E-state index is -0.676. The minimum absolute atomic E-state index is 0.0209. The van der Waals surface area contributed by atoms with E-state index in [1.807, 2.05) is 6.92 Å². The molecule has 2 amide bonds. The lowest BCUT2D eigenvalue weighted by Gasteiger charge is -2.20. The molecular formula is C29H36N2O9. The highest BCUT2D eigenvalue weighted by molar-refractivity contribution is 6.30. The first-order chi connectivity index (χ1) is 19.3. The van der Waals surface area contributed by atoms with Crippen molar-refractivity contribution in [3.63, 3.8) is 0 Å². The molecule has 0 heterocycles. The zero-order chi connectivity index (χ0) is 28.9. The fourth-order valence-electron chi connectivity index (χ4n) is 4.15. The van der Waals surface area contributed by atoms with Gasteiger partial charge in [0.05, 0.1) is 37.6 Å². The van der Waals surface area contributed by atoms with Gasteiger partial charge in [-0.25, -0.2) is 0 Å². The van der Waals surface area contributed by atoms with Gasteiger partial charge in [-0.15, -0.1) is 0 Å². The molecule has 1 aliphatic carbocycles. The number of rotatable bonds is 17. The molecular weight excluding hydrogens is 520 g/mol. The van der Waals surface area contributed by atoms with E-state index in [0.717, 1.165) is 18.9 Å². The minimum Gasteiger partial charge on any atom is -0.507 e. The quantitative estimate of drug-likeness (QED) is 0.183. The van der Waals surface area contributed by atoms with Gasteiger partial charge < -0.3 is 35.1 Å². The van der Waals surface area contributed by atoms with E-state index in [4.69, 9.17) is 14.2 Å². The van der Waals surface area contributed by atoms with Crippen LogP contribution in [0.15, 0.2) is 30.3 Å². The van der Waals surface area contributed by atoms with Gasteiger partial charge in [0.25, 0.3) is 5.91 Å². The van der Waals surface area contributed by atoms with Gasteiger partial charge in [-0.2, -0.15) is 0 Å². The number of ketones is 2. The topological polar surface area (TPSA) is 160 Å². The molecule has 1 aliphatic rings. The van der Waals surface area contributed by atoms with E-state index in [1.165, 1.54) is 24.3 Å². The van der Waals surface area contributed by atoms with Crippen molar-refractivity contribution < 1.29 is 43.6 Å². The van der Waals surface area contributed by atoms with Crippen LogP contribution in [0.3, 0.4) is 0 Å². The van der Waals surface area contributed by atoms with Crippen molar-refractivity contribution >= 4 is 23.4 Å². The van der Waals surface area contributed by atoms with Crippen molar-refractivity contribution in [2.75, 3.05) is 52.7 Å². The summed E-state index contributed by atoms with van der Waals surface area (Å²) >= 11 is 0. The monoisotopic (exact) mass is 556 g/mol. The van der Waals surface area contributed by atoms with Gasteiger partial charge in [-0.3, -0.25) is 19.2 Å². The van der Waals surface area contributed by atoms with Crippen LogP contribution in [-0.2, 0) is 19.0 Å². The second-order valence-corrected chi connectivity index (χ2v) is 9.18. The summed E-state index contributed by atoms with van der Waals surface area (Å²) in [6.07, 6.45) is 2.66. The van der Waals surface area contributed by atoms with Gasteiger partial charge in [0.1, 0.15) is 11.5 Å². The number of amides is 2. The average Bonchev–Trinajstić information content (AvgIpc) is 2.93. The fourth-order valence-corrected chi connectivity index (χ4v) is 4.15. The Morgan fingerprint density at radius 1 is 0.750 bits per heavy atom. The van der Waals surface area contributed by atoms with E-state index in [1.54, 1.807) is 0 Å². The van der Waals surface area contributed by atoms with Crippen molar-refractivity contribution in [2.45, 2.75) is 32.6 Å².